The Morgan fingerprint density at radius 3 is 2.83 bits per heavy atom. The summed E-state index contributed by atoms with van der Waals surface area (Å²) in [5.41, 5.74) is 1.77. The number of amides is 1. The van der Waals surface area contributed by atoms with Gasteiger partial charge in [0.15, 0.2) is 0 Å². The first kappa shape index (κ1) is 5.45. The third-order valence-corrected chi connectivity index (χ3v) is 0.196. The summed E-state index contributed by atoms with van der Waals surface area (Å²) in [5, 5.41) is 7.75. The maximum Gasteiger partial charge on any atom is 0.461 e. The van der Waals surface area contributed by atoms with Crippen molar-refractivity contribution in [2.24, 2.45) is 0 Å². The summed E-state index contributed by atoms with van der Waals surface area (Å²) in [6.45, 7) is 0. The van der Waals surface area contributed by atoms with Crippen molar-refractivity contribution >= 4 is 14.1 Å². The van der Waals surface area contributed by atoms with Crippen LogP contribution in [0.4, 0.5) is 0 Å². The minimum Gasteiger partial charge on any atom is -0.429 e. The average molecular weight is 88.9 g/mol. The van der Waals surface area contributed by atoms with Gasteiger partial charge in [-0.15, -0.1) is 0 Å². The second kappa shape index (κ2) is 4.45. The van der Waals surface area contributed by atoms with Gasteiger partial charge in [0.25, 0.3) is 0 Å². The van der Waals surface area contributed by atoms with Gasteiger partial charge in [0.1, 0.15) is 0 Å². The number of carbonyl (C=O) groups is 1. The van der Waals surface area contributed by atoms with E-state index in [1.54, 1.807) is 5.48 Å². The zero-order chi connectivity index (χ0) is 4.83. The van der Waals surface area contributed by atoms with Crippen molar-refractivity contribution in [3.63, 3.8) is 0 Å². The van der Waals surface area contributed by atoms with Crippen LogP contribution in [0, 0.1) is 0 Å². The van der Waals surface area contributed by atoms with Crippen LogP contribution in [-0.4, -0.2) is 19.1 Å². The molecule has 0 aliphatic heterocycles. The average Bonchev–Trinajstić information content (AvgIpc) is 1.61. The standard InChI is InChI=1S/CH4BNO3/c4-1-3-6-2-5/h1-2,5H,(H,3,4). The van der Waals surface area contributed by atoms with Crippen LogP contribution >= 0.6 is 0 Å². The fourth-order valence-electron chi connectivity index (χ4n) is 0.0713. The highest BCUT2D eigenvalue weighted by Gasteiger charge is 1.75. The van der Waals surface area contributed by atoms with Crippen molar-refractivity contribution < 1.29 is 14.6 Å². The molecule has 0 bridgehead atoms. The molecule has 0 aliphatic rings. The Balaban J connectivity index is 2.49. The largest absolute Gasteiger partial charge is 0.461 e. The zero-order valence-corrected chi connectivity index (χ0v) is 3.05. The second-order valence-corrected chi connectivity index (χ2v) is 0.509. The Kier molecular flexibility index (Phi) is 4.05. The number of nitrogens with one attached hydrogen (secondary N) is 1. The van der Waals surface area contributed by atoms with Gasteiger partial charge in [0.2, 0.25) is 6.41 Å². The third-order valence-electron chi connectivity index (χ3n) is 0.196. The lowest BCUT2D eigenvalue weighted by molar-refractivity contribution is -0.115. The molecule has 2 N–H and O–H groups in total. The van der Waals surface area contributed by atoms with Crippen LogP contribution in [0.2, 0.25) is 0 Å². The van der Waals surface area contributed by atoms with E-state index in [-0.39, 0.29) is 0 Å². The highest BCUT2D eigenvalue weighted by Crippen LogP contribution is 1.44. The summed E-state index contributed by atoms with van der Waals surface area (Å²) in [6, 6.07) is 0. The normalized spacial score (nSPS) is 6.83. The number of hydroxylamine groups is 1. The first-order chi connectivity index (χ1) is 2.91. The minimum absolute atomic E-state index is 0.330. The van der Waals surface area contributed by atoms with E-state index in [2.05, 4.69) is 4.76 Å². The number of rotatable bonds is 3. The van der Waals surface area contributed by atoms with Gasteiger partial charge in [-0.05, 0) is 0 Å². The van der Waals surface area contributed by atoms with Crippen molar-refractivity contribution in [2.75, 3.05) is 0 Å². The lowest BCUT2D eigenvalue weighted by Gasteiger charge is -1.87. The molecule has 0 aromatic heterocycles. The molecule has 0 radical (unpaired) electrons. The van der Waals surface area contributed by atoms with E-state index in [9.17, 15) is 4.79 Å². The van der Waals surface area contributed by atoms with Crippen molar-refractivity contribution in [1.29, 1.82) is 0 Å². The highest BCUT2D eigenvalue weighted by atomic mass is 16.7. The van der Waals surface area contributed by atoms with E-state index in [4.69, 9.17) is 5.02 Å². The SMILES string of the molecule is O=CNOBO. The van der Waals surface area contributed by atoms with Crippen molar-refractivity contribution in [3.8, 4) is 0 Å². The highest BCUT2D eigenvalue weighted by molar-refractivity contribution is 6.15. The van der Waals surface area contributed by atoms with E-state index < -0.39 is 7.69 Å². The second-order valence-electron chi connectivity index (χ2n) is 0.509. The molecule has 5 heteroatoms. The topological polar surface area (TPSA) is 58.6 Å². The van der Waals surface area contributed by atoms with E-state index in [1.165, 1.54) is 0 Å². The molecule has 0 spiro atoms. The Labute approximate surface area is 35.4 Å². The van der Waals surface area contributed by atoms with Gasteiger partial charge in [-0.2, -0.15) is 0 Å². The third kappa shape index (κ3) is 3.45. The molecule has 1 amide bonds. The van der Waals surface area contributed by atoms with Crippen LogP contribution < -0.4 is 5.48 Å². The molecular formula is CH4BNO3. The van der Waals surface area contributed by atoms with Crippen LogP contribution in [-0.2, 0) is 9.55 Å². The molecule has 4 nitrogen and oxygen atoms in total. The Morgan fingerprint density at radius 1 is 2.00 bits per heavy atom. The molecular weight excluding hydrogens is 84.8 g/mol. The molecule has 0 atom stereocenters. The Bertz CT molecular complexity index is 39.8. The summed E-state index contributed by atoms with van der Waals surface area (Å²) in [5.74, 6) is 0. The molecule has 6 heavy (non-hydrogen) atoms. The smallest absolute Gasteiger partial charge is 0.429 e. The van der Waals surface area contributed by atoms with Gasteiger partial charge in [0.05, 0.1) is 0 Å². The van der Waals surface area contributed by atoms with Gasteiger partial charge < -0.3 is 9.78 Å². The molecule has 0 rings (SSSR count). The maximum atomic E-state index is 9.22. The molecule has 0 heterocycles. The van der Waals surface area contributed by atoms with Crippen LogP contribution in [0.15, 0.2) is 0 Å². The van der Waals surface area contributed by atoms with Gasteiger partial charge in [-0.3, -0.25) is 10.3 Å². The van der Waals surface area contributed by atoms with Gasteiger partial charge in [-0.1, -0.05) is 0 Å². The summed E-state index contributed by atoms with van der Waals surface area (Å²) < 4.78 is 3.92. The summed E-state index contributed by atoms with van der Waals surface area (Å²) in [4.78, 5) is 9.22. The van der Waals surface area contributed by atoms with Gasteiger partial charge in [-0.25, -0.2) is 0 Å². The van der Waals surface area contributed by atoms with E-state index >= 15 is 0 Å². The van der Waals surface area contributed by atoms with E-state index in [0.717, 1.165) is 0 Å². The van der Waals surface area contributed by atoms with Crippen LogP contribution in [0.1, 0.15) is 0 Å². The number of carbonyl (C=O) groups excluding carboxylic acids is 1. The first-order valence-electron chi connectivity index (χ1n) is 1.33. The van der Waals surface area contributed by atoms with Crippen LogP contribution in [0.25, 0.3) is 0 Å². The summed E-state index contributed by atoms with van der Waals surface area (Å²) in [7, 11) is -0.487. The monoisotopic (exact) mass is 89.0 g/mol. The van der Waals surface area contributed by atoms with Crippen molar-refractivity contribution in [2.45, 2.75) is 0 Å². The van der Waals surface area contributed by atoms with Crippen molar-refractivity contribution in [3.05, 3.63) is 0 Å². The predicted molar refractivity (Wildman–Crippen MR) is 19.7 cm³/mol. The summed E-state index contributed by atoms with van der Waals surface area (Å²) in [6.07, 6.45) is 0.330. The molecule has 0 aromatic rings. The van der Waals surface area contributed by atoms with Crippen molar-refractivity contribution in [1.82, 2.24) is 5.48 Å². The quantitative estimate of drug-likeness (QED) is 0.180. The lowest BCUT2D eigenvalue weighted by atomic mass is 10.4. The Morgan fingerprint density at radius 2 is 2.67 bits per heavy atom. The van der Waals surface area contributed by atoms with Gasteiger partial charge >= 0.3 is 7.69 Å². The molecule has 0 aliphatic carbocycles. The molecule has 0 unspecified atom stereocenters. The lowest BCUT2D eigenvalue weighted by Crippen LogP contribution is -2.14. The zero-order valence-electron chi connectivity index (χ0n) is 3.05. The maximum absolute atomic E-state index is 9.22. The summed E-state index contributed by atoms with van der Waals surface area (Å²) >= 11 is 0. The minimum atomic E-state index is -0.487. The van der Waals surface area contributed by atoms with E-state index in [1.807, 2.05) is 0 Å². The number of hydrogen-bond donors (Lipinski definition) is 2. The first-order valence-corrected chi connectivity index (χ1v) is 1.33. The van der Waals surface area contributed by atoms with Gasteiger partial charge in [0, 0.05) is 0 Å². The van der Waals surface area contributed by atoms with E-state index in [0.29, 0.717) is 6.41 Å². The fourth-order valence-corrected chi connectivity index (χ4v) is 0.0713. The fraction of sp³-hybridized carbons (Fsp3) is 0. The predicted octanol–water partition coefficient (Wildman–Crippen LogP) is -2.08. The van der Waals surface area contributed by atoms with Crippen LogP contribution in [0.5, 0.6) is 0 Å². The molecule has 0 fully saturated rings. The molecule has 0 saturated heterocycles. The van der Waals surface area contributed by atoms with Crippen LogP contribution in [0.3, 0.4) is 0 Å². The number of hydrogen-bond acceptors (Lipinski definition) is 3. The Hall–Kier alpha value is -0.545. The molecule has 0 saturated carbocycles. The molecule has 34 valence electrons. The molecule has 0 aromatic carbocycles.